The molecule has 6 heteroatoms. The Hall–Kier alpha value is -1.92. The van der Waals surface area contributed by atoms with Gasteiger partial charge in [-0.15, -0.1) is 11.3 Å². The Morgan fingerprint density at radius 1 is 1.30 bits per heavy atom. The van der Waals surface area contributed by atoms with E-state index >= 15 is 0 Å². The number of nitrogens with zero attached hydrogens (tertiary/aromatic N) is 2. The van der Waals surface area contributed by atoms with E-state index < -0.39 is 0 Å². The molecular formula is C17H22N2O3S. The van der Waals surface area contributed by atoms with Gasteiger partial charge in [0.15, 0.2) is 4.80 Å². The molecule has 2 aromatic rings. The molecule has 0 aliphatic rings. The quantitative estimate of drug-likeness (QED) is 0.816. The molecule has 0 aliphatic carbocycles. The van der Waals surface area contributed by atoms with Gasteiger partial charge in [-0.25, -0.2) is 0 Å². The average molecular weight is 334 g/mol. The van der Waals surface area contributed by atoms with E-state index in [2.05, 4.69) is 4.99 Å². The molecule has 0 radical (unpaired) electrons. The molecule has 124 valence electrons. The molecular weight excluding hydrogens is 312 g/mol. The summed E-state index contributed by atoms with van der Waals surface area (Å²) in [6, 6.07) is 7.19. The Morgan fingerprint density at radius 3 is 2.74 bits per heavy atom. The third-order valence-electron chi connectivity index (χ3n) is 3.52. The first-order chi connectivity index (χ1) is 11.1. The van der Waals surface area contributed by atoms with Gasteiger partial charge in [-0.3, -0.25) is 4.79 Å². The fraction of sp³-hybridized carbons (Fsp3) is 0.412. The maximum Gasteiger partial charge on any atom is 0.283 e. The van der Waals surface area contributed by atoms with Crippen molar-refractivity contribution in [3.8, 4) is 5.75 Å². The first-order valence-corrected chi connectivity index (χ1v) is 8.36. The molecule has 0 saturated carbocycles. The van der Waals surface area contributed by atoms with Crippen molar-refractivity contribution in [2.24, 2.45) is 4.99 Å². The summed E-state index contributed by atoms with van der Waals surface area (Å²) >= 11 is 1.51. The Labute approximate surface area is 140 Å². The fourth-order valence-electron chi connectivity index (χ4n) is 2.20. The molecule has 0 fully saturated rings. The minimum absolute atomic E-state index is 0.290. The second-order valence-electron chi connectivity index (χ2n) is 5.02. The number of benzene rings is 1. The molecule has 0 atom stereocenters. The summed E-state index contributed by atoms with van der Waals surface area (Å²) in [6.45, 7) is 7.71. The van der Waals surface area contributed by atoms with Crippen LogP contribution in [0.5, 0.6) is 5.75 Å². The van der Waals surface area contributed by atoms with Crippen molar-refractivity contribution in [3.05, 3.63) is 45.2 Å². The number of aryl methyl sites for hydroxylation is 1. The van der Waals surface area contributed by atoms with Crippen molar-refractivity contribution in [2.45, 2.75) is 27.3 Å². The number of methoxy groups -OCH3 is 1. The predicted octanol–water partition coefficient (Wildman–Crippen LogP) is 2.95. The summed E-state index contributed by atoms with van der Waals surface area (Å²) in [6.07, 6.45) is 0. The van der Waals surface area contributed by atoms with Crippen LogP contribution in [0.25, 0.3) is 0 Å². The maximum absolute atomic E-state index is 12.6. The number of rotatable bonds is 6. The number of hydrogen-bond donors (Lipinski definition) is 0. The van der Waals surface area contributed by atoms with Gasteiger partial charge in [0.25, 0.3) is 5.91 Å². The summed E-state index contributed by atoms with van der Waals surface area (Å²) in [4.78, 5) is 18.7. The molecule has 23 heavy (non-hydrogen) atoms. The highest BCUT2D eigenvalue weighted by Crippen LogP contribution is 2.19. The summed E-state index contributed by atoms with van der Waals surface area (Å²) < 4.78 is 12.7. The number of aromatic nitrogens is 1. The molecule has 0 bridgehead atoms. The minimum Gasteiger partial charge on any atom is -0.493 e. The summed E-state index contributed by atoms with van der Waals surface area (Å²) in [5, 5.41) is 0. The first kappa shape index (κ1) is 17.4. The van der Waals surface area contributed by atoms with Gasteiger partial charge in [-0.05, 0) is 32.9 Å². The second-order valence-corrected chi connectivity index (χ2v) is 6.20. The van der Waals surface area contributed by atoms with E-state index in [-0.39, 0.29) is 5.91 Å². The van der Waals surface area contributed by atoms with Crippen LogP contribution in [0, 0.1) is 13.8 Å². The van der Waals surface area contributed by atoms with Crippen molar-refractivity contribution < 1.29 is 14.3 Å². The normalized spacial score (nSPS) is 11.7. The number of para-hydroxylation sites is 1. The third-order valence-corrected chi connectivity index (χ3v) is 4.62. The zero-order valence-corrected chi connectivity index (χ0v) is 14.8. The van der Waals surface area contributed by atoms with Crippen molar-refractivity contribution in [1.82, 2.24) is 4.57 Å². The van der Waals surface area contributed by atoms with Crippen LogP contribution in [-0.2, 0) is 11.3 Å². The molecule has 5 nitrogen and oxygen atoms in total. The lowest BCUT2D eigenvalue weighted by molar-refractivity contribution is 0.0993. The van der Waals surface area contributed by atoms with Gasteiger partial charge in [-0.1, -0.05) is 12.1 Å². The van der Waals surface area contributed by atoms with Crippen LogP contribution in [0.2, 0.25) is 0 Å². The van der Waals surface area contributed by atoms with E-state index in [0.29, 0.717) is 35.9 Å². The van der Waals surface area contributed by atoms with Crippen molar-refractivity contribution in [3.63, 3.8) is 0 Å². The first-order valence-electron chi connectivity index (χ1n) is 7.55. The lowest BCUT2D eigenvalue weighted by atomic mass is 10.2. The zero-order chi connectivity index (χ0) is 16.8. The van der Waals surface area contributed by atoms with Crippen LogP contribution in [0.15, 0.2) is 29.3 Å². The number of carbonyl (C=O) groups is 1. The number of thiazole rings is 1. The van der Waals surface area contributed by atoms with Crippen LogP contribution in [0.3, 0.4) is 0 Å². The molecule has 1 amide bonds. The number of carbonyl (C=O) groups excluding carboxylic acids is 1. The highest BCUT2D eigenvalue weighted by atomic mass is 32.1. The molecule has 0 N–H and O–H groups in total. The second kappa shape index (κ2) is 8.08. The van der Waals surface area contributed by atoms with Gasteiger partial charge in [0.1, 0.15) is 5.75 Å². The number of ether oxygens (including phenoxy) is 2. The maximum atomic E-state index is 12.6. The molecule has 2 rings (SSSR count). The van der Waals surface area contributed by atoms with E-state index in [1.54, 1.807) is 19.2 Å². The van der Waals surface area contributed by atoms with Crippen LogP contribution in [0.4, 0.5) is 0 Å². The van der Waals surface area contributed by atoms with Crippen LogP contribution in [0.1, 0.15) is 27.9 Å². The Balaban J connectivity index is 2.42. The van der Waals surface area contributed by atoms with Crippen LogP contribution < -0.4 is 9.54 Å². The van der Waals surface area contributed by atoms with E-state index in [0.717, 1.165) is 10.6 Å². The highest BCUT2D eigenvalue weighted by molar-refractivity contribution is 7.09. The lowest BCUT2D eigenvalue weighted by Crippen LogP contribution is -2.20. The topological polar surface area (TPSA) is 52.8 Å². The van der Waals surface area contributed by atoms with E-state index in [9.17, 15) is 4.79 Å². The summed E-state index contributed by atoms with van der Waals surface area (Å²) in [5.41, 5.74) is 1.59. The minimum atomic E-state index is -0.290. The molecule has 0 spiro atoms. The highest BCUT2D eigenvalue weighted by Gasteiger charge is 2.13. The van der Waals surface area contributed by atoms with Crippen molar-refractivity contribution in [2.75, 3.05) is 20.3 Å². The van der Waals surface area contributed by atoms with Crippen LogP contribution in [-0.4, -0.2) is 30.8 Å². The summed E-state index contributed by atoms with van der Waals surface area (Å²) in [5.74, 6) is 0.277. The van der Waals surface area contributed by atoms with Gasteiger partial charge in [0, 0.05) is 24.2 Å². The van der Waals surface area contributed by atoms with Crippen molar-refractivity contribution in [1.29, 1.82) is 0 Å². The van der Waals surface area contributed by atoms with E-state index in [4.69, 9.17) is 9.47 Å². The fourth-order valence-corrected chi connectivity index (χ4v) is 3.20. The largest absolute Gasteiger partial charge is 0.493 e. The Morgan fingerprint density at radius 2 is 2.04 bits per heavy atom. The molecule has 1 heterocycles. The standard InChI is InChI=1S/C17H22N2O3S/c1-5-22-15-9-7-6-8-14(15)16(20)18-17-19(10-11-21-4)12(2)13(3)23-17/h6-9H,5,10-11H2,1-4H3. The molecule has 0 saturated heterocycles. The van der Waals surface area contributed by atoms with Gasteiger partial charge in [-0.2, -0.15) is 4.99 Å². The molecule has 1 aromatic carbocycles. The lowest BCUT2D eigenvalue weighted by Gasteiger charge is -2.07. The van der Waals surface area contributed by atoms with Gasteiger partial charge >= 0.3 is 0 Å². The SMILES string of the molecule is CCOc1ccccc1C(=O)N=c1sc(C)c(C)n1CCOC. The van der Waals surface area contributed by atoms with Gasteiger partial charge in [0.05, 0.1) is 18.8 Å². The molecule has 1 aromatic heterocycles. The predicted molar refractivity (Wildman–Crippen MR) is 91.2 cm³/mol. The zero-order valence-electron chi connectivity index (χ0n) is 14.0. The Bertz CT molecular complexity index is 747. The van der Waals surface area contributed by atoms with Crippen LogP contribution >= 0.6 is 11.3 Å². The van der Waals surface area contributed by atoms with Gasteiger partial charge < -0.3 is 14.0 Å². The molecule has 0 unspecified atom stereocenters. The van der Waals surface area contributed by atoms with Gasteiger partial charge in [0.2, 0.25) is 0 Å². The number of amides is 1. The summed E-state index contributed by atoms with van der Waals surface area (Å²) in [7, 11) is 1.66. The van der Waals surface area contributed by atoms with Crippen molar-refractivity contribution >= 4 is 17.2 Å². The number of hydrogen-bond acceptors (Lipinski definition) is 4. The molecule has 0 aliphatic heterocycles. The monoisotopic (exact) mass is 334 g/mol. The Kier molecular flexibility index (Phi) is 6.12. The third kappa shape index (κ3) is 4.09. The smallest absolute Gasteiger partial charge is 0.283 e. The van der Waals surface area contributed by atoms with E-state index in [1.165, 1.54) is 11.3 Å². The average Bonchev–Trinajstić information content (AvgIpc) is 2.80. The van der Waals surface area contributed by atoms with E-state index in [1.807, 2.05) is 37.5 Å².